The number of imidazole rings is 1. The van der Waals surface area contributed by atoms with Crippen molar-refractivity contribution in [2.45, 2.75) is 31.5 Å². The Morgan fingerprint density at radius 3 is 2.53 bits per heavy atom. The summed E-state index contributed by atoms with van der Waals surface area (Å²) in [6.07, 6.45) is 2.14. The summed E-state index contributed by atoms with van der Waals surface area (Å²) in [6.45, 7) is 4.53. The van der Waals surface area contributed by atoms with Gasteiger partial charge in [0.1, 0.15) is 0 Å². The molecule has 3 aromatic heterocycles. The lowest BCUT2D eigenvalue weighted by Gasteiger charge is -2.31. The van der Waals surface area contributed by atoms with Crippen molar-refractivity contribution in [2.75, 3.05) is 23.7 Å². The normalized spacial score (nSPS) is 14.9. The number of piperidine rings is 1. The van der Waals surface area contributed by atoms with Gasteiger partial charge in [-0.2, -0.15) is 9.67 Å². The molecule has 1 fully saturated rings. The number of aromatic nitrogens is 8. The summed E-state index contributed by atoms with van der Waals surface area (Å²) in [4.78, 5) is 32.7. The number of fused-ring (bicyclic) bond motifs is 1. The van der Waals surface area contributed by atoms with Crippen molar-refractivity contribution >= 4 is 28.9 Å². The zero-order valence-electron chi connectivity index (χ0n) is 19.5. The molecule has 11 nitrogen and oxygen atoms in total. The molecule has 1 saturated heterocycles. The number of hydrogen-bond donors (Lipinski definition) is 0. The van der Waals surface area contributed by atoms with Gasteiger partial charge in [-0.05, 0) is 41.3 Å². The van der Waals surface area contributed by atoms with Crippen molar-refractivity contribution in [2.24, 2.45) is 20.0 Å². The zero-order valence-corrected chi connectivity index (χ0v) is 20.3. The minimum Gasteiger partial charge on any atom is -0.342 e. The van der Waals surface area contributed by atoms with Gasteiger partial charge in [0.2, 0.25) is 11.1 Å². The van der Waals surface area contributed by atoms with Crippen LogP contribution in [0.15, 0.2) is 45.1 Å². The first-order valence-electron chi connectivity index (χ1n) is 11.3. The van der Waals surface area contributed by atoms with E-state index in [0.29, 0.717) is 34.5 Å². The Bertz CT molecular complexity index is 1430. The smallest absolute Gasteiger partial charge is 0.332 e. The van der Waals surface area contributed by atoms with Gasteiger partial charge < -0.3 is 9.47 Å². The summed E-state index contributed by atoms with van der Waals surface area (Å²) in [6, 6.07) is 9.72. The van der Waals surface area contributed by atoms with Gasteiger partial charge >= 0.3 is 5.69 Å². The first kappa shape index (κ1) is 22.4. The third-order valence-electron chi connectivity index (χ3n) is 6.38. The number of aryl methyl sites for hydroxylation is 2. The quantitative estimate of drug-likeness (QED) is 0.381. The van der Waals surface area contributed by atoms with Crippen LogP contribution in [0.5, 0.6) is 0 Å². The molecule has 4 aromatic rings. The summed E-state index contributed by atoms with van der Waals surface area (Å²) < 4.78 is 6.25. The fraction of sp³-hybridized carbons (Fsp3) is 0.455. The third kappa shape index (κ3) is 3.91. The number of rotatable bonds is 6. The van der Waals surface area contributed by atoms with E-state index >= 15 is 0 Å². The summed E-state index contributed by atoms with van der Waals surface area (Å²) in [5.41, 5.74) is 1.04. The van der Waals surface area contributed by atoms with E-state index in [1.165, 1.54) is 23.4 Å². The molecule has 12 heteroatoms. The van der Waals surface area contributed by atoms with E-state index in [-0.39, 0.29) is 11.2 Å². The molecule has 4 heterocycles. The maximum absolute atomic E-state index is 13.1. The van der Waals surface area contributed by atoms with Crippen molar-refractivity contribution in [1.29, 1.82) is 0 Å². The molecule has 0 radical (unpaired) electrons. The Hall–Kier alpha value is -3.41. The molecule has 1 aliphatic heterocycles. The minimum absolute atomic E-state index is 0.332. The third-order valence-corrected chi connectivity index (χ3v) is 7.28. The molecule has 0 atom stereocenters. The van der Waals surface area contributed by atoms with E-state index in [1.54, 1.807) is 11.7 Å². The molecular formula is C22H27N9O2S. The Kier molecular flexibility index (Phi) is 5.98. The van der Waals surface area contributed by atoms with Crippen molar-refractivity contribution in [1.82, 2.24) is 38.9 Å². The predicted octanol–water partition coefficient (Wildman–Crippen LogP) is 1.44. The van der Waals surface area contributed by atoms with Gasteiger partial charge in [0.25, 0.3) is 5.56 Å². The van der Waals surface area contributed by atoms with Crippen LogP contribution in [0.2, 0.25) is 0 Å². The number of anilines is 1. The minimum atomic E-state index is -0.377. The highest BCUT2D eigenvalue weighted by Gasteiger charge is 2.25. The molecule has 0 spiro atoms. The molecule has 34 heavy (non-hydrogen) atoms. The number of hydrogen-bond acceptors (Lipinski definition) is 8. The maximum atomic E-state index is 13.1. The van der Waals surface area contributed by atoms with E-state index in [0.717, 1.165) is 42.1 Å². The molecule has 0 bridgehead atoms. The van der Waals surface area contributed by atoms with Crippen molar-refractivity contribution in [3.63, 3.8) is 0 Å². The summed E-state index contributed by atoms with van der Waals surface area (Å²) in [5, 5.41) is 12.8. The molecule has 0 N–H and O–H groups in total. The lowest BCUT2D eigenvalue weighted by Crippen LogP contribution is -2.38. The van der Waals surface area contributed by atoms with Crippen LogP contribution >= 0.6 is 11.8 Å². The molecule has 1 aromatic carbocycles. The van der Waals surface area contributed by atoms with E-state index in [1.807, 2.05) is 34.9 Å². The van der Waals surface area contributed by atoms with E-state index in [2.05, 4.69) is 27.3 Å². The highest BCUT2D eigenvalue weighted by molar-refractivity contribution is 7.99. The lowest BCUT2D eigenvalue weighted by atomic mass is 10.00. The Morgan fingerprint density at radius 2 is 1.79 bits per heavy atom. The fourth-order valence-corrected chi connectivity index (χ4v) is 5.14. The predicted molar refractivity (Wildman–Crippen MR) is 131 cm³/mol. The van der Waals surface area contributed by atoms with Crippen LogP contribution in [0.4, 0.5) is 5.95 Å². The molecule has 1 aliphatic rings. The average Bonchev–Trinajstić information content (AvgIpc) is 3.48. The largest absolute Gasteiger partial charge is 0.342 e. The second-order valence-electron chi connectivity index (χ2n) is 8.67. The maximum Gasteiger partial charge on any atom is 0.332 e. The molecule has 0 unspecified atom stereocenters. The van der Waals surface area contributed by atoms with Gasteiger partial charge in [0.05, 0.1) is 5.69 Å². The highest BCUT2D eigenvalue weighted by Crippen LogP contribution is 2.26. The highest BCUT2D eigenvalue weighted by atomic mass is 32.2. The molecule has 0 aliphatic carbocycles. The first-order chi connectivity index (χ1) is 16.5. The standard InChI is InChI=1S/C22H27N9O2S/c1-15-9-11-29(12-10-15)20-23-18-17(19(32)28(3)22(33)27(18)2)30(20)13-14-34-21-24-25-26-31(21)16-7-5-4-6-8-16/h4-8,15H,9-14H2,1-3H3. The summed E-state index contributed by atoms with van der Waals surface area (Å²) in [5.74, 6) is 2.03. The van der Waals surface area contributed by atoms with Crippen LogP contribution in [0.25, 0.3) is 16.9 Å². The van der Waals surface area contributed by atoms with Crippen molar-refractivity contribution in [3.05, 3.63) is 51.2 Å². The lowest BCUT2D eigenvalue weighted by molar-refractivity contribution is 0.432. The average molecular weight is 482 g/mol. The Labute approximate surface area is 200 Å². The van der Waals surface area contributed by atoms with Crippen molar-refractivity contribution in [3.8, 4) is 5.69 Å². The van der Waals surface area contributed by atoms with Crippen LogP contribution in [-0.4, -0.2) is 57.7 Å². The van der Waals surface area contributed by atoms with Crippen LogP contribution in [-0.2, 0) is 20.6 Å². The molecule has 178 valence electrons. The van der Waals surface area contributed by atoms with Gasteiger partial charge in [0.15, 0.2) is 11.2 Å². The Balaban J connectivity index is 1.49. The van der Waals surface area contributed by atoms with Crippen LogP contribution in [0.3, 0.4) is 0 Å². The van der Waals surface area contributed by atoms with Crippen LogP contribution in [0.1, 0.15) is 19.8 Å². The fourth-order valence-electron chi connectivity index (χ4n) is 4.33. The molecule has 0 saturated carbocycles. The monoisotopic (exact) mass is 481 g/mol. The van der Waals surface area contributed by atoms with Gasteiger partial charge in [-0.3, -0.25) is 13.9 Å². The summed E-state index contributed by atoms with van der Waals surface area (Å²) >= 11 is 1.51. The van der Waals surface area contributed by atoms with E-state index < -0.39 is 0 Å². The van der Waals surface area contributed by atoms with E-state index in [9.17, 15) is 9.59 Å². The number of benzene rings is 1. The zero-order chi connectivity index (χ0) is 23.8. The van der Waals surface area contributed by atoms with Crippen LogP contribution in [0, 0.1) is 5.92 Å². The van der Waals surface area contributed by atoms with Gasteiger partial charge in [-0.25, -0.2) is 4.79 Å². The molecule has 0 amide bonds. The first-order valence-corrected chi connectivity index (χ1v) is 12.3. The van der Waals surface area contributed by atoms with Gasteiger partial charge in [-0.1, -0.05) is 36.9 Å². The van der Waals surface area contributed by atoms with Gasteiger partial charge in [0, 0.05) is 39.5 Å². The summed E-state index contributed by atoms with van der Waals surface area (Å²) in [7, 11) is 3.17. The number of nitrogens with zero attached hydrogens (tertiary/aromatic N) is 9. The second kappa shape index (κ2) is 9.09. The number of para-hydroxylation sites is 1. The van der Waals surface area contributed by atoms with Crippen molar-refractivity contribution < 1.29 is 0 Å². The number of thioether (sulfide) groups is 1. The SMILES string of the molecule is CC1CCN(c2nc3c(c(=O)n(C)c(=O)n3C)n2CCSc2nnnn2-c2ccccc2)CC1. The topological polar surface area (TPSA) is 109 Å². The van der Waals surface area contributed by atoms with Gasteiger partial charge in [-0.15, -0.1) is 5.10 Å². The molecular weight excluding hydrogens is 454 g/mol. The number of tetrazole rings is 1. The molecule has 5 rings (SSSR count). The Morgan fingerprint density at radius 1 is 1.06 bits per heavy atom. The van der Waals surface area contributed by atoms with E-state index in [4.69, 9.17) is 4.98 Å². The van der Waals surface area contributed by atoms with Crippen LogP contribution < -0.4 is 16.1 Å². The second-order valence-corrected chi connectivity index (χ2v) is 9.73.